The molecule has 0 saturated carbocycles. The van der Waals surface area contributed by atoms with Gasteiger partial charge in [0.25, 0.3) is 0 Å². The third kappa shape index (κ3) is 0.707. The molecule has 2 saturated heterocycles. The summed E-state index contributed by atoms with van der Waals surface area (Å²) in [5.41, 5.74) is 0.203. The molecular weight excluding hydrogens is 143 g/mol. The van der Waals surface area contributed by atoms with Gasteiger partial charge in [0.2, 0.25) is 0 Å². The van der Waals surface area contributed by atoms with Crippen molar-refractivity contribution >= 4 is 19.6 Å². The van der Waals surface area contributed by atoms with Gasteiger partial charge >= 0.3 is 0 Å². The van der Waals surface area contributed by atoms with Crippen LogP contribution in [0, 0.1) is 5.92 Å². The van der Waals surface area contributed by atoms with Gasteiger partial charge in [-0.05, 0) is 12.8 Å². The molecule has 0 aromatic rings. The topological polar surface area (TPSA) is 9.23 Å². The van der Waals surface area contributed by atoms with Crippen LogP contribution in [0.2, 0.25) is 0 Å². The van der Waals surface area contributed by atoms with Crippen LogP contribution in [0.3, 0.4) is 0 Å². The summed E-state index contributed by atoms with van der Waals surface area (Å²) in [5, 5.41) is 0.769. The van der Waals surface area contributed by atoms with Crippen molar-refractivity contribution in [2.45, 2.75) is 30.7 Å². The fourth-order valence-electron chi connectivity index (χ4n) is 2.06. The standard InChI is InChI=1S/C7H13BOS/c1-4-5-6(8)9-7(4,2)3-10-5/h4-6H,3,8H2,1-2H3/t4?,5?,6-,7+/m1/s1. The maximum absolute atomic E-state index is 5.84. The summed E-state index contributed by atoms with van der Waals surface area (Å²) in [6.45, 7) is 4.56. The third-order valence-electron chi connectivity index (χ3n) is 2.94. The monoisotopic (exact) mass is 156 g/mol. The Bertz CT molecular complexity index is 164. The summed E-state index contributed by atoms with van der Waals surface area (Å²) in [7, 11) is 2.19. The molecule has 0 aromatic carbocycles. The van der Waals surface area contributed by atoms with Crippen molar-refractivity contribution in [1.82, 2.24) is 0 Å². The second-order valence-corrected chi connectivity index (χ2v) is 4.87. The SMILES string of the molecule is B[C@@H]1O[C@@]2(C)CSC1C2C. The van der Waals surface area contributed by atoms with Gasteiger partial charge in [0.1, 0.15) is 7.85 Å². The van der Waals surface area contributed by atoms with Gasteiger partial charge in [-0.25, -0.2) is 0 Å². The quantitative estimate of drug-likeness (QED) is 0.472. The van der Waals surface area contributed by atoms with Gasteiger partial charge in [-0.2, -0.15) is 11.8 Å². The molecule has 2 aliphatic heterocycles. The summed E-state index contributed by atoms with van der Waals surface area (Å²) in [5.74, 6) is 1.95. The molecule has 0 aromatic heterocycles. The molecule has 0 radical (unpaired) electrons. The Balaban J connectivity index is 2.26. The van der Waals surface area contributed by atoms with Crippen LogP contribution in [0.1, 0.15) is 13.8 Å². The number of hydrogen-bond acceptors (Lipinski definition) is 2. The molecule has 2 heterocycles. The van der Waals surface area contributed by atoms with Gasteiger partial charge in [-0.1, -0.05) is 6.92 Å². The molecule has 3 heteroatoms. The molecule has 0 amide bonds. The van der Waals surface area contributed by atoms with Crippen molar-refractivity contribution in [3.63, 3.8) is 0 Å². The van der Waals surface area contributed by atoms with E-state index in [0.29, 0.717) is 6.00 Å². The third-order valence-corrected chi connectivity index (χ3v) is 4.85. The molecular formula is C7H13BOS. The maximum Gasteiger partial charge on any atom is 0.140 e. The highest BCUT2D eigenvalue weighted by Crippen LogP contribution is 2.50. The van der Waals surface area contributed by atoms with E-state index in [1.807, 2.05) is 0 Å². The molecule has 2 fully saturated rings. The Morgan fingerprint density at radius 2 is 2.40 bits per heavy atom. The minimum atomic E-state index is 0.203. The van der Waals surface area contributed by atoms with E-state index < -0.39 is 0 Å². The van der Waals surface area contributed by atoms with Crippen molar-refractivity contribution in [2.75, 3.05) is 5.75 Å². The average molecular weight is 156 g/mol. The van der Waals surface area contributed by atoms with E-state index in [0.717, 1.165) is 11.2 Å². The van der Waals surface area contributed by atoms with E-state index in [1.54, 1.807) is 0 Å². The summed E-state index contributed by atoms with van der Waals surface area (Å²) in [4.78, 5) is 0. The number of ether oxygens (including phenoxy) is 1. The van der Waals surface area contributed by atoms with E-state index in [1.165, 1.54) is 5.75 Å². The molecule has 1 nitrogen and oxygen atoms in total. The van der Waals surface area contributed by atoms with Crippen molar-refractivity contribution in [2.24, 2.45) is 5.92 Å². The highest BCUT2D eigenvalue weighted by molar-refractivity contribution is 8.00. The van der Waals surface area contributed by atoms with Crippen LogP contribution in [0.4, 0.5) is 0 Å². The van der Waals surface area contributed by atoms with Crippen molar-refractivity contribution in [1.29, 1.82) is 0 Å². The second kappa shape index (κ2) is 1.95. The zero-order valence-corrected chi connectivity index (χ0v) is 7.57. The zero-order chi connectivity index (χ0) is 7.35. The predicted molar refractivity (Wildman–Crippen MR) is 47.2 cm³/mol. The highest BCUT2D eigenvalue weighted by atomic mass is 32.2. The Labute approximate surface area is 67.3 Å². The lowest BCUT2D eigenvalue weighted by atomic mass is 9.87. The lowest BCUT2D eigenvalue weighted by molar-refractivity contribution is 0.00284. The number of fused-ring (bicyclic) bond motifs is 2. The fraction of sp³-hybridized carbons (Fsp3) is 1.00. The molecule has 2 unspecified atom stereocenters. The Hall–Kier alpha value is 0.375. The van der Waals surface area contributed by atoms with Gasteiger partial charge in [0.15, 0.2) is 0 Å². The Morgan fingerprint density at radius 3 is 2.60 bits per heavy atom. The van der Waals surface area contributed by atoms with E-state index in [-0.39, 0.29) is 5.60 Å². The van der Waals surface area contributed by atoms with Crippen molar-refractivity contribution in [3.05, 3.63) is 0 Å². The van der Waals surface area contributed by atoms with Gasteiger partial charge in [-0.15, -0.1) is 0 Å². The minimum absolute atomic E-state index is 0.203. The largest absolute Gasteiger partial charge is 0.379 e. The first-order valence-corrected chi connectivity index (χ1v) is 4.98. The zero-order valence-electron chi connectivity index (χ0n) is 6.76. The Kier molecular flexibility index (Phi) is 1.37. The van der Waals surface area contributed by atoms with Crippen molar-refractivity contribution < 1.29 is 4.74 Å². The summed E-state index contributed by atoms with van der Waals surface area (Å²) in [6.07, 6.45) is 0. The van der Waals surface area contributed by atoms with Crippen molar-refractivity contribution in [3.8, 4) is 0 Å². The molecule has 56 valence electrons. The first-order chi connectivity index (χ1) is 4.63. The van der Waals surface area contributed by atoms with Crippen LogP contribution < -0.4 is 0 Å². The smallest absolute Gasteiger partial charge is 0.140 e. The van der Waals surface area contributed by atoms with Crippen LogP contribution in [-0.4, -0.2) is 30.5 Å². The summed E-state index contributed by atoms with van der Waals surface area (Å²) >= 11 is 2.08. The minimum Gasteiger partial charge on any atom is -0.379 e. The number of thioether (sulfide) groups is 1. The van der Waals surface area contributed by atoms with E-state index in [4.69, 9.17) is 4.74 Å². The number of rotatable bonds is 0. The second-order valence-electron chi connectivity index (χ2n) is 3.70. The van der Waals surface area contributed by atoms with Crippen LogP contribution >= 0.6 is 11.8 Å². The van der Waals surface area contributed by atoms with Crippen LogP contribution in [0.25, 0.3) is 0 Å². The molecule has 4 atom stereocenters. The maximum atomic E-state index is 5.84. The van der Waals surface area contributed by atoms with Crippen LogP contribution in [0.15, 0.2) is 0 Å². The van der Waals surface area contributed by atoms with Gasteiger partial charge in [0.05, 0.1) is 5.60 Å². The Morgan fingerprint density at radius 1 is 1.70 bits per heavy atom. The molecule has 2 rings (SSSR count). The molecule has 10 heavy (non-hydrogen) atoms. The van der Waals surface area contributed by atoms with Gasteiger partial charge in [0, 0.05) is 17.0 Å². The first-order valence-electron chi connectivity index (χ1n) is 3.93. The van der Waals surface area contributed by atoms with Gasteiger partial charge < -0.3 is 4.74 Å². The van der Waals surface area contributed by atoms with E-state index >= 15 is 0 Å². The molecule has 0 N–H and O–H groups in total. The highest BCUT2D eigenvalue weighted by Gasteiger charge is 2.53. The van der Waals surface area contributed by atoms with Gasteiger partial charge in [-0.3, -0.25) is 0 Å². The summed E-state index contributed by atoms with van der Waals surface area (Å²) in [6, 6.07) is 0.485. The predicted octanol–water partition coefficient (Wildman–Crippen LogP) is 0.486. The average Bonchev–Trinajstić information content (AvgIpc) is 2.20. The van der Waals surface area contributed by atoms with E-state index in [2.05, 4.69) is 33.5 Å². The summed E-state index contributed by atoms with van der Waals surface area (Å²) < 4.78 is 5.84. The normalized spacial score (nSPS) is 59.6. The number of hydrogen-bond donors (Lipinski definition) is 0. The molecule has 2 aliphatic rings. The van der Waals surface area contributed by atoms with Crippen LogP contribution in [0.5, 0.6) is 0 Å². The lowest BCUT2D eigenvalue weighted by Gasteiger charge is -2.25. The van der Waals surface area contributed by atoms with Crippen LogP contribution in [-0.2, 0) is 4.74 Å². The first kappa shape index (κ1) is 7.05. The molecule has 2 bridgehead atoms. The lowest BCUT2D eigenvalue weighted by Crippen LogP contribution is -2.32. The molecule has 0 aliphatic carbocycles. The fourth-order valence-corrected chi connectivity index (χ4v) is 3.82. The molecule has 0 spiro atoms. The van der Waals surface area contributed by atoms with E-state index in [9.17, 15) is 0 Å².